The molecule has 1 saturated heterocycles. The Hall–Kier alpha value is -3.47. The van der Waals surface area contributed by atoms with E-state index in [9.17, 15) is 4.79 Å². The lowest BCUT2D eigenvalue weighted by Crippen LogP contribution is -2.34. The molecule has 1 amide bonds. The summed E-state index contributed by atoms with van der Waals surface area (Å²) < 4.78 is 27.8. The second kappa shape index (κ2) is 15.3. The van der Waals surface area contributed by atoms with Crippen molar-refractivity contribution in [1.82, 2.24) is 19.6 Å². The highest BCUT2D eigenvalue weighted by Crippen LogP contribution is 2.52. The Morgan fingerprint density at radius 1 is 0.943 bits per heavy atom. The Labute approximate surface area is 316 Å². The largest absolute Gasteiger partial charge is 0.361 e. The van der Waals surface area contributed by atoms with Gasteiger partial charge in [0, 0.05) is 52.7 Å². The van der Waals surface area contributed by atoms with Crippen molar-refractivity contribution >= 4 is 55.7 Å². The molecular weight excluding hydrogens is 701 g/mol. The predicted molar refractivity (Wildman–Crippen MR) is 218 cm³/mol. The topological polar surface area (TPSA) is 112 Å². The smallest absolute Gasteiger partial charge is 0.222 e. The van der Waals surface area contributed by atoms with Gasteiger partial charge in [0.2, 0.25) is 5.91 Å². The number of carbonyl (C=O) groups is 1. The third-order valence-corrected chi connectivity index (χ3v) is 13.5. The van der Waals surface area contributed by atoms with Crippen LogP contribution in [0.15, 0.2) is 54.9 Å². The van der Waals surface area contributed by atoms with Crippen molar-refractivity contribution in [3.8, 4) is 0 Å². The number of carbonyl (C=O) groups excluding carboxylic acids is 1. The molecule has 13 heteroatoms. The van der Waals surface area contributed by atoms with Crippen molar-refractivity contribution in [2.45, 2.75) is 110 Å². The number of nitrogens with zero attached hydrogens (tertiary/aromatic N) is 5. The van der Waals surface area contributed by atoms with Crippen molar-refractivity contribution in [2.24, 2.45) is 5.41 Å². The van der Waals surface area contributed by atoms with E-state index in [0.717, 1.165) is 58.4 Å². The average molecular weight is 759 g/mol. The number of amides is 1. The lowest BCUT2D eigenvalue weighted by molar-refractivity contribution is -0.153. The first kappa shape index (κ1) is 39.2. The molecule has 1 aliphatic carbocycles. The number of pyridine rings is 1. The highest BCUT2D eigenvalue weighted by atomic mass is 28.3. The summed E-state index contributed by atoms with van der Waals surface area (Å²) in [6.45, 7) is 24.1. The Morgan fingerprint density at radius 2 is 1.62 bits per heavy atom. The summed E-state index contributed by atoms with van der Waals surface area (Å²) in [5.74, 6) is 0.465. The van der Waals surface area contributed by atoms with E-state index in [1.807, 2.05) is 30.5 Å². The average Bonchev–Trinajstić information content (AvgIpc) is 3.72. The van der Waals surface area contributed by atoms with Crippen LogP contribution in [0.5, 0.6) is 0 Å². The van der Waals surface area contributed by atoms with Crippen LogP contribution >= 0.6 is 0 Å². The van der Waals surface area contributed by atoms with Gasteiger partial charge in [-0.2, -0.15) is 5.10 Å². The van der Waals surface area contributed by atoms with Gasteiger partial charge in [-0.3, -0.25) is 4.79 Å². The van der Waals surface area contributed by atoms with Crippen LogP contribution in [0.2, 0.25) is 51.4 Å². The van der Waals surface area contributed by atoms with E-state index in [1.165, 1.54) is 12.5 Å². The Morgan fingerprint density at radius 3 is 2.28 bits per heavy atom. The van der Waals surface area contributed by atoms with Crippen LogP contribution in [-0.4, -0.2) is 86.3 Å². The number of aromatic nitrogens is 4. The van der Waals surface area contributed by atoms with Crippen LogP contribution in [0.1, 0.15) is 45.4 Å². The van der Waals surface area contributed by atoms with Crippen molar-refractivity contribution in [3.05, 3.63) is 66.1 Å². The van der Waals surface area contributed by atoms with Gasteiger partial charge in [0.1, 0.15) is 43.3 Å². The van der Waals surface area contributed by atoms with Crippen molar-refractivity contribution in [2.75, 3.05) is 36.9 Å². The first-order chi connectivity index (χ1) is 24.9. The summed E-state index contributed by atoms with van der Waals surface area (Å²) in [6.07, 6.45) is 5.20. The van der Waals surface area contributed by atoms with Crippen molar-refractivity contribution < 1.29 is 23.7 Å². The fraction of sp³-hybridized carbons (Fsp3) is 0.550. The zero-order valence-corrected chi connectivity index (χ0v) is 35.3. The van der Waals surface area contributed by atoms with Crippen LogP contribution in [0, 0.1) is 5.41 Å². The van der Waals surface area contributed by atoms with Gasteiger partial charge in [0.15, 0.2) is 11.6 Å². The van der Waals surface area contributed by atoms with Crippen LogP contribution in [-0.2, 0) is 30.2 Å². The number of aryl methyl sites for hydroxylation is 1. The zero-order valence-electron chi connectivity index (χ0n) is 33.3. The van der Waals surface area contributed by atoms with Gasteiger partial charge in [-0.15, -0.1) is 0 Å². The summed E-state index contributed by atoms with van der Waals surface area (Å²) in [6, 6.07) is 16.6. The monoisotopic (exact) mass is 758 g/mol. The van der Waals surface area contributed by atoms with E-state index in [2.05, 4.69) is 97.8 Å². The molecule has 1 aromatic carbocycles. The highest BCUT2D eigenvalue weighted by Gasteiger charge is 2.55. The minimum Gasteiger partial charge on any atom is -0.361 e. The zero-order chi connectivity index (χ0) is 38.2. The first-order valence-corrected chi connectivity index (χ1v) is 26.3. The van der Waals surface area contributed by atoms with E-state index in [1.54, 1.807) is 6.33 Å². The third-order valence-electron chi connectivity index (χ3n) is 10.1. The molecule has 0 spiro atoms. The van der Waals surface area contributed by atoms with Gasteiger partial charge in [0.25, 0.3) is 0 Å². The molecule has 1 N–H and O–H groups in total. The summed E-state index contributed by atoms with van der Waals surface area (Å²) in [7, 11) is -2.47. The molecule has 4 heterocycles. The van der Waals surface area contributed by atoms with Gasteiger partial charge in [0.05, 0.1) is 11.2 Å². The number of anilines is 2. The molecule has 0 bridgehead atoms. The molecule has 1 aliphatic heterocycles. The molecule has 4 aromatic rings. The fourth-order valence-electron chi connectivity index (χ4n) is 7.05. The molecule has 286 valence electrons. The lowest BCUT2D eigenvalue weighted by Gasteiger charge is -2.30. The van der Waals surface area contributed by atoms with Gasteiger partial charge in [-0.05, 0) is 74.7 Å². The molecule has 11 nitrogen and oxygen atoms in total. The third kappa shape index (κ3) is 9.62. The molecule has 1 fully saturated rings. The fourth-order valence-corrected chi connectivity index (χ4v) is 8.57. The van der Waals surface area contributed by atoms with Gasteiger partial charge < -0.3 is 29.2 Å². The predicted octanol–water partition coefficient (Wildman–Crippen LogP) is 8.22. The summed E-state index contributed by atoms with van der Waals surface area (Å²) in [5, 5.41) is 8.59. The molecule has 0 unspecified atom stereocenters. The van der Waals surface area contributed by atoms with Crippen LogP contribution < -0.4 is 10.2 Å². The number of benzene rings is 1. The molecule has 0 radical (unpaired) electrons. The molecule has 2 aliphatic rings. The van der Waals surface area contributed by atoms with Gasteiger partial charge in [-0.25, -0.2) is 14.5 Å². The maximum atomic E-state index is 11.6. The van der Waals surface area contributed by atoms with Crippen LogP contribution in [0.25, 0.3) is 22.0 Å². The molecule has 53 heavy (non-hydrogen) atoms. The SMILES string of the molecule is CC(=O)Nc1ccc2ccc(CC[C@@]3(C)C=C(c4ccc5c(N(COCC[Si](C)(C)C)COCC[Si](C)(C)C)ncnn45)[C@@H]4OC(C)(C)O[C@@H]43)cc2n1. The number of ether oxygens (including phenoxy) is 4. The van der Waals surface area contributed by atoms with E-state index in [0.29, 0.717) is 32.5 Å². The number of hydrogen-bond donors (Lipinski definition) is 1. The number of hydrogen-bond acceptors (Lipinski definition) is 9. The first-order valence-electron chi connectivity index (χ1n) is 18.9. The van der Waals surface area contributed by atoms with E-state index < -0.39 is 21.9 Å². The Balaban J connectivity index is 1.27. The second-order valence-electron chi connectivity index (χ2n) is 17.8. The molecular formula is C40H58N6O5Si2. The van der Waals surface area contributed by atoms with E-state index in [4.69, 9.17) is 29.0 Å². The highest BCUT2D eigenvalue weighted by molar-refractivity contribution is 6.76. The number of fused-ring (bicyclic) bond motifs is 3. The van der Waals surface area contributed by atoms with E-state index in [-0.39, 0.29) is 23.5 Å². The molecule has 6 rings (SSSR count). The molecule has 3 aromatic heterocycles. The Bertz CT molecular complexity index is 1950. The van der Waals surface area contributed by atoms with Crippen LogP contribution in [0.3, 0.4) is 0 Å². The summed E-state index contributed by atoms with van der Waals surface area (Å²) >= 11 is 0. The Kier molecular flexibility index (Phi) is 11.4. The minimum atomic E-state index is -1.24. The summed E-state index contributed by atoms with van der Waals surface area (Å²) in [4.78, 5) is 23.2. The second-order valence-corrected chi connectivity index (χ2v) is 29.1. The van der Waals surface area contributed by atoms with Crippen molar-refractivity contribution in [1.29, 1.82) is 0 Å². The number of nitrogens with one attached hydrogen (secondary N) is 1. The van der Waals surface area contributed by atoms with Crippen LogP contribution in [0.4, 0.5) is 11.6 Å². The molecule has 3 atom stereocenters. The quantitative estimate of drug-likeness (QED) is 0.0686. The number of rotatable bonds is 16. The lowest BCUT2D eigenvalue weighted by atomic mass is 9.81. The van der Waals surface area contributed by atoms with Gasteiger partial charge in [-0.1, -0.05) is 64.4 Å². The maximum absolute atomic E-state index is 11.6. The van der Waals surface area contributed by atoms with E-state index >= 15 is 0 Å². The maximum Gasteiger partial charge on any atom is 0.222 e. The standard InChI is InChI=1S/C40H58N6O5Si2/c1-28(47)43-35-16-13-30-12-11-29(23-32(30)44-35)17-18-40(4)24-31(36-37(40)51-39(2,3)50-36)33-14-15-34-38(41-25-42-46(33)34)45(26-48-19-21-52(5,6)7)27-49-20-22-53(8,9)10/h11-16,23-25,36-37H,17-22,26-27H2,1-10H3,(H,43,44,47)/t36-,37-,40-/m0/s1. The molecule has 0 saturated carbocycles. The van der Waals surface area contributed by atoms with Crippen molar-refractivity contribution in [3.63, 3.8) is 0 Å². The normalized spacial score (nSPS) is 21.3. The summed E-state index contributed by atoms with van der Waals surface area (Å²) in [5.41, 5.74) is 4.63. The minimum absolute atomic E-state index is 0.138. The van der Waals surface area contributed by atoms with Gasteiger partial charge >= 0.3 is 0 Å².